The molecule has 2 aromatic carbocycles. The molecule has 0 amide bonds. The van der Waals surface area contributed by atoms with Gasteiger partial charge in [0.05, 0.1) is 5.02 Å². The van der Waals surface area contributed by atoms with Gasteiger partial charge in [-0.05, 0) is 36.4 Å². The third-order valence-electron chi connectivity index (χ3n) is 2.91. The Labute approximate surface area is 122 Å². The third-order valence-corrected chi connectivity index (χ3v) is 3.26. The Morgan fingerprint density at radius 3 is 2.50 bits per heavy atom. The Morgan fingerprint density at radius 2 is 1.90 bits per heavy atom. The summed E-state index contributed by atoms with van der Waals surface area (Å²) in [6.45, 7) is 2.07. The lowest BCUT2D eigenvalue weighted by atomic mass is 10.1. The standard InChI is InChI=1S/C16H14ClFO2/c1-2-16(19)11-4-7-14(8-5-11)20-10-12-3-6-13(18)9-15(12)17/h3-9H,2,10H2,1H3. The number of hydrogen-bond acceptors (Lipinski definition) is 2. The molecule has 0 heterocycles. The van der Waals surface area contributed by atoms with Crippen molar-refractivity contribution in [2.24, 2.45) is 0 Å². The van der Waals surface area contributed by atoms with Gasteiger partial charge in [-0.3, -0.25) is 4.79 Å². The molecule has 2 aromatic rings. The summed E-state index contributed by atoms with van der Waals surface area (Å²) in [6.07, 6.45) is 0.478. The van der Waals surface area contributed by atoms with Crippen LogP contribution in [0, 0.1) is 5.82 Å². The van der Waals surface area contributed by atoms with Gasteiger partial charge in [-0.15, -0.1) is 0 Å². The van der Waals surface area contributed by atoms with Gasteiger partial charge in [0.2, 0.25) is 0 Å². The summed E-state index contributed by atoms with van der Waals surface area (Å²) >= 11 is 5.92. The number of hydrogen-bond donors (Lipinski definition) is 0. The maximum atomic E-state index is 12.9. The molecule has 0 aliphatic heterocycles. The summed E-state index contributed by atoms with van der Waals surface area (Å²) in [4.78, 5) is 11.5. The predicted molar refractivity (Wildman–Crippen MR) is 76.8 cm³/mol. The van der Waals surface area contributed by atoms with Crippen LogP contribution < -0.4 is 4.74 Å². The average Bonchev–Trinajstić information content (AvgIpc) is 2.46. The van der Waals surface area contributed by atoms with Crippen LogP contribution in [0.15, 0.2) is 42.5 Å². The monoisotopic (exact) mass is 292 g/mol. The summed E-state index contributed by atoms with van der Waals surface area (Å²) in [6, 6.07) is 11.1. The van der Waals surface area contributed by atoms with E-state index in [2.05, 4.69) is 0 Å². The first-order chi connectivity index (χ1) is 9.60. The van der Waals surface area contributed by atoms with Crippen LogP contribution in [0.3, 0.4) is 0 Å². The van der Waals surface area contributed by atoms with E-state index in [4.69, 9.17) is 16.3 Å². The van der Waals surface area contributed by atoms with Crippen molar-refractivity contribution < 1.29 is 13.9 Å². The molecule has 0 spiro atoms. The van der Waals surface area contributed by atoms with Crippen molar-refractivity contribution in [3.05, 3.63) is 64.4 Å². The number of ether oxygens (including phenoxy) is 1. The van der Waals surface area contributed by atoms with Gasteiger partial charge >= 0.3 is 0 Å². The van der Waals surface area contributed by atoms with Crippen molar-refractivity contribution in [3.8, 4) is 5.75 Å². The molecule has 0 bridgehead atoms. The molecule has 0 saturated carbocycles. The van der Waals surface area contributed by atoms with Crippen LogP contribution in [0.2, 0.25) is 5.02 Å². The molecule has 2 nitrogen and oxygen atoms in total. The van der Waals surface area contributed by atoms with E-state index in [9.17, 15) is 9.18 Å². The Morgan fingerprint density at radius 1 is 1.20 bits per heavy atom. The highest BCUT2D eigenvalue weighted by Gasteiger charge is 2.05. The summed E-state index contributed by atoms with van der Waals surface area (Å²) < 4.78 is 18.5. The molecule has 0 saturated heterocycles. The molecule has 20 heavy (non-hydrogen) atoms. The molecule has 0 fully saturated rings. The van der Waals surface area contributed by atoms with Crippen molar-refractivity contribution >= 4 is 17.4 Å². The predicted octanol–water partition coefficient (Wildman–Crippen LogP) is 4.65. The Bertz CT molecular complexity index is 608. The first-order valence-corrected chi connectivity index (χ1v) is 6.68. The molecular weight excluding hydrogens is 279 g/mol. The minimum atomic E-state index is -0.374. The zero-order chi connectivity index (χ0) is 14.5. The highest BCUT2D eigenvalue weighted by molar-refractivity contribution is 6.31. The molecular formula is C16H14ClFO2. The van der Waals surface area contributed by atoms with Crippen molar-refractivity contribution in [3.63, 3.8) is 0 Å². The fourth-order valence-corrected chi connectivity index (χ4v) is 1.96. The SMILES string of the molecule is CCC(=O)c1ccc(OCc2ccc(F)cc2Cl)cc1. The molecule has 0 aliphatic carbocycles. The fraction of sp³-hybridized carbons (Fsp3) is 0.188. The second-order valence-electron chi connectivity index (χ2n) is 4.33. The molecule has 2 rings (SSSR count). The highest BCUT2D eigenvalue weighted by Crippen LogP contribution is 2.20. The van der Waals surface area contributed by atoms with Crippen LogP contribution in [0.1, 0.15) is 29.3 Å². The van der Waals surface area contributed by atoms with Gasteiger partial charge in [0, 0.05) is 17.5 Å². The Balaban J connectivity index is 2.02. The maximum absolute atomic E-state index is 12.9. The lowest BCUT2D eigenvalue weighted by Crippen LogP contribution is -1.99. The van der Waals surface area contributed by atoms with Crippen molar-refractivity contribution in [1.29, 1.82) is 0 Å². The van der Waals surface area contributed by atoms with E-state index in [-0.39, 0.29) is 18.2 Å². The van der Waals surface area contributed by atoms with E-state index in [0.717, 1.165) is 0 Å². The second-order valence-corrected chi connectivity index (χ2v) is 4.73. The second kappa shape index (κ2) is 6.53. The third kappa shape index (κ3) is 3.58. The largest absolute Gasteiger partial charge is 0.489 e. The van der Waals surface area contributed by atoms with E-state index in [1.165, 1.54) is 12.1 Å². The van der Waals surface area contributed by atoms with Gasteiger partial charge in [0.1, 0.15) is 18.2 Å². The van der Waals surface area contributed by atoms with Crippen LogP contribution in [-0.2, 0) is 6.61 Å². The summed E-state index contributed by atoms with van der Waals surface area (Å²) in [7, 11) is 0. The smallest absolute Gasteiger partial charge is 0.162 e. The van der Waals surface area contributed by atoms with Crippen molar-refractivity contribution in [2.75, 3.05) is 0 Å². The summed E-state index contributed by atoms with van der Waals surface area (Å²) in [5.74, 6) is 0.359. The molecule has 104 valence electrons. The topological polar surface area (TPSA) is 26.3 Å². The summed E-state index contributed by atoms with van der Waals surface area (Å²) in [5, 5.41) is 0.336. The van der Waals surface area contributed by atoms with Gasteiger partial charge in [-0.1, -0.05) is 24.6 Å². The van der Waals surface area contributed by atoms with Gasteiger partial charge in [0.15, 0.2) is 5.78 Å². The number of rotatable bonds is 5. The quantitative estimate of drug-likeness (QED) is 0.750. The number of carbonyl (C=O) groups is 1. The number of halogens is 2. The van der Waals surface area contributed by atoms with E-state index in [0.29, 0.717) is 28.3 Å². The van der Waals surface area contributed by atoms with E-state index < -0.39 is 0 Å². The van der Waals surface area contributed by atoms with Gasteiger partial charge < -0.3 is 4.74 Å². The zero-order valence-electron chi connectivity index (χ0n) is 11.0. The molecule has 4 heteroatoms. The summed E-state index contributed by atoms with van der Waals surface area (Å²) in [5.41, 5.74) is 1.38. The molecule has 0 N–H and O–H groups in total. The van der Waals surface area contributed by atoms with Gasteiger partial charge in [-0.2, -0.15) is 0 Å². The van der Waals surface area contributed by atoms with Crippen LogP contribution in [0.25, 0.3) is 0 Å². The Hall–Kier alpha value is -1.87. The van der Waals surface area contributed by atoms with E-state index in [1.807, 2.05) is 6.92 Å². The number of carbonyl (C=O) groups excluding carboxylic acids is 1. The number of ketones is 1. The van der Waals surface area contributed by atoms with Crippen LogP contribution >= 0.6 is 11.6 Å². The van der Waals surface area contributed by atoms with Gasteiger partial charge in [0.25, 0.3) is 0 Å². The Kier molecular flexibility index (Phi) is 4.74. The maximum Gasteiger partial charge on any atom is 0.162 e. The molecule has 0 aromatic heterocycles. The average molecular weight is 293 g/mol. The van der Waals surface area contributed by atoms with E-state index in [1.54, 1.807) is 30.3 Å². The molecule has 0 atom stereocenters. The zero-order valence-corrected chi connectivity index (χ0v) is 11.8. The normalized spacial score (nSPS) is 10.3. The lowest BCUT2D eigenvalue weighted by Gasteiger charge is -2.08. The van der Waals surface area contributed by atoms with E-state index >= 15 is 0 Å². The van der Waals surface area contributed by atoms with Crippen molar-refractivity contribution in [1.82, 2.24) is 0 Å². The molecule has 0 radical (unpaired) electrons. The minimum Gasteiger partial charge on any atom is -0.489 e. The number of Topliss-reactive ketones (excluding diaryl/α,β-unsaturated/α-hetero) is 1. The lowest BCUT2D eigenvalue weighted by molar-refractivity contribution is 0.0988. The first-order valence-electron chi connectivity index (χ1n) is 6.30. The van der Waals surface area contributed by atoms with Crippen LogP contribution in [0.5, 0.6) is 5.75 Å². The minimum absolute atomic E-state index is 0.0955. The first kappa shape index (κ1) is 14.5. The van der Waals surface area contributed by atoms with Gasteiger partial charge in [-0.25, -0.2) is 4.39 Å². The van der Waals surface area contributed by atoms with Crippen LogP contribution in [-0.4, -0.2) is 5.78 Å². The number of benzene rings is 2. The molecule has 0 aliphatic rings. The van der Waals surface area contributed by atoms with Crippen LogP contribution in [0.4, 0.5) is 4.39 Å². The highest BCUT2D eigenvalue weighted by atomic mass is 35.5. The van der Waals surface area contributed by atoms with Crippen molar-refractivity contribution in [2.45, 2.75) is 20.0 Å². The molecule has 0 unspecified atom stereocenters. The fourth-order valence-electron chi connectivity index (χ4n) is 1.74.